The number of likely N-dealkylation sites (tertiary alicyclic amines) is 1. The number of amides is 3. The molecule has 1 aromatic heterocycles. The SMILES string of the molecule is CCN(CC)C(=O)c1cccc(NC(=O)C2CC(=O)N(C(C)(C)C)C2c2cnn(C)c2)c1. The highest BCUT2D eigenvalue weighted by atomic mass is 16.2. The van der Waals surface area contributed by atoms with Crippen LogP contribution in [0.15, 0.2) is 36.7 Å². The number of anilines is 1. The molecule has 2 unspecified atom stereocenters. The van der Waals surface area contributed by atoms with Crippen molar-refractivity contribution in [2.75, 3.05) is 18.4 Å². The van der Waals surface area contributed by atoms with E-state index in [1.807, 2.05) is 47.9 Å². The first kappa shape index (κ1) is 23.5. The summed E-state index contributed by atoms with van der Waals surface area (Å²) in [6, 6.07) is 6.54. The van der Waals surface area contributed by atoms with Crippen molar-refractivity contribution in [2.24, 2.45) is 13.0 Å². The molecule has 8 nitrogen and oxygen atoms in total. The van der Waals surface area contributed by atoms with Gasteiger partial charge in [-0.1, -0.05) is 6.07 Å². The Morgan fingerprint density at radius 3 is 2.47 bits per heavy atom. The van der Waals surface area contributed by atoms with Crippen molar-refractivity contribution in [1.29, 1.82) is 0 Å². The molecular weight excluding hydrogens is 406 g/mol. The monoisotopic (exact) mass is 439 g/mol. The number of nitrogens with one attached hydrogen (secondary N) is 1. The lowest BCUT2D eigenvalue weighted by molar-refractivity contribution is -0.133. The zero-order chi connectivity index (χ0) is 23.6. The molecule has 0 spiro atoms. The van der Waals surface area contributed by atoms with E-state index in [0.717, 1.165) is 5.56 Å². The third kappa shape index (κ3) is 4.69. The molecule has 3 rings (SSSR count). The summed E-state index contributed by atoms with van der Waals surface area (Å²) in [5, 5.41) is 7.19. The van der Waals surface area contributed by atoms with Crippen LogP contribution in [0.5, 0.6) is 0 Å². The summed E-state index contributed by atoms with van der Waals surface area (Å²) in [6.45, 7) is 11.0. The van der Waals surface area contributed by atoms with Gasteiger partial charge < -0.3 is 15.1 Å². The predicted molar refractivity (Wildman–Crippen MR) is 123 cm³/mol. The molecule has 1 aliphatic heterocycles. The van der Waals surface area contributed by atoms with Crippen LogP contribution in [-0.2, 0) is 16.6 Å². The summed E-state index contributed by atoms with van der Waals surface area (Å²) < 4.78 is 1.68. The maximum atomic E-state index is 13.3. The van der Waals surface area contributed by atoms with Crippen LogP contribution in [0.4, 0.5) is 5.69 Å². The second-order valence-electron chi connectivity index (χ2n) is 9.18. The summed E-state index contributed by atoms with van der Waals surface area (Å²) in [4.78, 5) is 42.5. The molecule has 0 saturated carbocycles. The van der Waals surface area contributed by atoms with Crippen LogP contribution in [0.3, 0.4) is 0 Å². The number of hydrogen-bond donors (Lipinski definition) is 1. The molecule has 1 N–H and O–H groups in total. The molecule has 1 aromatic carbocycles. The molecule has 2 aromatic rings. The van der Waals surface area contributed by atoms with E-state index in [4.69, 9.17) is 0 Å². The molecule has 0 aliphatic carbocycles. The molecule has 1 saturated heterocycles. The van der Waals surface area contributed by atoms with Crippen LogP contribution >= 0.6 is 0 Å². The Labute approximate surface area is 189 Å². The van der Waals surface area contributed by atoms with Crippen molar-refractivity contribution >= 4 is 23.4 Å². The lowest BCUT2D eigenvalue weighted by Crippen LogP contribution is -2.44. The third-order valence-corrected chi connectivity index (χ3v) is 5.88. The highest BCUT2D eigenvalue weighted by Crippen LogP contribution is 2.42. The van der Waals surface area contributed by atoms with Gasteiger partial charge in [0.25, 0.3) is 5.91 Å². The van der Waals surface area contributed by atoms with Crippen molar-refractivity contribution in [3.05, 3.63) is 47.8 Å². The van der Waals surface area contributed by atoms with E-state index in [1.54, 1.807) is 44.9 Å². The van der Waals surface area contributed by atoms with Crippen LogP contribution in [0.25, 0.3) is 0 Å². The highest BCUT2D eigenvalue weighted by molar-refractivity contribution is 6.00. The van der Waals surface area contributed by atoms with Gasteiger partial charge in [0.05, 0.1) is 18.2 Å². The van der Waals surface area contributed by atoms with Gasteiger partial charge in [0.15, 0.2) is 0 Å². The molecule has 172 valence electrons. The minimum Gasteiger partial charge on any atom is -0.339 e. The average molecular weight is 440 g/mol. The number of hydrogen-bond acceptors (Lipinski definition) is 4. The molecule has 2 heterocycles. The second-order valence-corrected chi connectivity index (χ2v) is 9.18. The number of aromatic nitrogens is 2. The Morgan fingerprint density at radius 1 is 1.22 bits per heavy atom. The molecule has 1 aliphatic rings. The summed E-state index contributed by atoms with van der Waals surface area (Å²) in [6.07, 6.45) is 3.69. The normalized spacial score (nSPS) is 18.7. The molecule has 8 heteroatoms. The van der Waals surface area contributed by atoms with E-state index in [0.29, 0.717) is 24.3 Å². The van der Waals surface area contributed by atoms with Crippen molar-refractivity contribution in [2.45, 2.75) is 52.6 Å². The Hall–Kier alpha value is -3.16. The topological polar surface area (TPSA) is 87.5 Å². The van der Waals surface area contributed by atoms with Gasteiger partial charge in [-0.2, -0.15) is 5.10 Å². The summed E-state index contributed by atoms with van der Waals surface area (Å²) in [5.74, 6) is -0.939. The van der Waals surface area contributed by atoms with E-state index < -0.39 is 17.5 Å². The molecule has 0 radical (unpaired) electrons. The molecule has 3 amide bonds. The van der Waals surface area contributed by atoms with Gasteiger partial charge in [-0.3, -0.25) is 19.1 Å². The molecule has 1 fully saturated rings. The average Bonchev–Trinajstić information content (AvgIpc) is 3.31. The van der Waals surface area contributed by atoms with E-state index >= 15 is 0 Å². The Morgan fingerprint density at radius 2 is 1.91 bits per heavy atom. The first-order valence-corrected chi connectivity index (χ1v) is 11.1. The summed E-state index contributed by atoms with van der Waals surface area (Å²) in [5.41, 5.74) is 1.45. The Balaban J connectivity index is 1.87. The van der Waals surface area contributed by atoms with Crippen LogP contribution in [0.1, 0.15) is 63.0 Å². The van der Waals surface area contributed by atoms with E-state index in [9.17, 15) is 14.4 Å². The molecule has 0 bridgehead atoms. The van der Waals surface area contributed by atoms with Crippen LogP contribution in [0, 0.1) is 5.92 Å². The van der Waals surface area contributed by atoms with Crippen LogP contribution in [-0.4, -0.2) is 55.9 Å². The number of nitrogens with zero attached hydrogens (tertiary/aromatic N) is 4. The van der Waals surface area contributed by atoms with Crippen LogP contribution < -0.4 is 5.32 Å². The number of rotatable bonds is 6. The quantitative estimate of drug-likeness (QED) is 0.749. The first-order valence-electron chi connectivity index (χ1n) is 11.1. The van der Waals surface area contributed by atoms with Crippen molar-refractivity contribution in [1.82, 2.24) is 19.6 Å². The van der Waals surface area contributed by atoms with E-state index in [2.05, 4.69) is 10.4 Å². The minimum atomic E-state index is -0.562. The number of carbonyl (C=O) groups is 3. The van der Waals surface area contributed by atoms with Gasteiger partial charge in [0, 0.05) is 55.1 Å². The lowest BCUT2D eigenvalue weighted by atomic mass is 9.92. The largest absolute Gasteiger partial charge is 0.339 e. The summed E-state index contributed by atoms with van der Waals surface area (Å²) >= 11 is 0. The van der Waals surface area contributed by atoms with E-state index in [-0.39, 0.29) is 24.1 Å². The molecule has 32 heavy (non-hydrogen) atoms. The standard InChI is InChI=1S/C24H33N5O3/c1-7-28(8-2)23(32)16-10-9-11-18(12-16)26-22(31)19-13-20(30)29(24(3,4)5)21(19)17-14-25-27(6)15-17/h9-12,14-15,19,21H,7-8,13H2,1-6H3,(H,26,31). The molecular formula is C24H33N5O3. The zero-order valence-corrected chi connectivity index (χ0v) is 19.8. The van der Waals surface area contributed by atoms with Crippen LogP contribution in [0.2, 0.25) is 0 Å². The Bertz CT molecular complexity index is 1000. The Kier molecular flexibility index (Phi) is 6.71. The van der Waals surface area contributed by atoms with Crippen molar-refractivity contribution < 1.29 is 14.4 Å². The van der Waals surface area contributed by atoms with Gasteiger partial charge >= 0.3 is 0 Å². The van der Waals surface area contributed by atoms with Gasteiger partial charge in [-0.25, -0.2) is 0 Å². The predicted octanol–water partition coefficient (Wildman–Crippen LogP) is 3.23. The third-order valence-electron chi connectivity index (χ3n) is 5.88. The second kappa shape index (κ2) is 9.14. The van der Waals surface area contributed by atoms with Gasteiger partial charge in [0.2, 0.25) is 11.8 Å². The summed E-state index contributed by atoms with van der Waals surface area (Å²) in [7, 11) is 1.81. The highest BCUT2D eigenvalue weighted by Gasteiger charge is 2.48. The lowest BCUT2D eigenvalue weighted by Gasteiger charge is -2.38. The smallest absolute Gasteiger partial charge is 0.253 e. The van der Waals surface area contributed by atoms with Gasteiger partial charge in [0.1, 0.15) is 0 Å². The van der Waals surface area contributed by atoms with E-state index in [1.165, 1.54) is 0 Å². The first-order chi connectivity index (χ1) is 15.1. The molecule has 2 atom stereocenters. The fraction of sp³-hybridized carbons (Fsp3) is 0.500. The number of benzene rings is 1. The minimum absolute atomic E-state index is 0.0584. The maximum absolute atomic E-state index is 13.3. The van der Waals surface area contributed by atoms with Crippen molar-refractivity contribution in [3.63, 3.8) is 0 Å². The fourth-order valence-electron chi connectivity index (χ4n) is 4.39. The number of aryl methyl sites for hydroxylation is 1. The number of carbonyl (C=O) groups excluding carboxylic acids is 3. The fourth-order valence-corrected chi connectivity index (χ4v) is 4.39. The van der Waals surface area contributed by atoms with Gasteiger partial charge in [-0.15, -0.1) is 0 Å². The van der Waals surface area contributed by atoms with Gasteiger partial charge in [-0.05, 0) is 52.8 Å². The zero-order valence-electron chi connectivity index (χ0n) is 19.8. The maximum Gasteiger partial charge on any atom is 0.253 e. The van der Waals surface area contributed by atoms with Crippen molar-refractivity contribution in [3.8, 4) is 0 Å².